The number of alkyl halides is 6. The number of aliphatic carboxylic acids is 2. The van der Waals surface area contributed by atoms with Crippen molar-refractivity contribution in [2.45, 2.75) is 56.8 Å². The number of likely N-dealkylation sites (tertiary alicyclic amines) is 1. The van der Waals surface area contributed by atoms with E-state index in [-0.39, 0.29) is 18.1 Å². The number of hydrogen-bond donors (Lipinski definition) is 3. The number of fused-ring (bicyclic) bond motifs is 1. The van der Waals surface area contributed by atoms with Gasteiger partial charge in [-0.05, 0) is 56.2 Å². The number of nitrogens with one attached hydrogen (secondary N) is 1. The summed E-state index contributed by atoms with van der Waals surface area (Å²) in [5.41, 5.74) is 0.874. The molecule has 16 heteroatoms. The zero-order chi connectivity index (χ0) is 29.9. The Balaban J connectivity index is 0.000000333. The fourth-order valence-electron chi connectivity index (χ4n) is 4.42. The van der Waals surface area contributed by atoms with E-state index < -0.39 is 24.3 Å². The number of nitrogens with zero attached hydrogens (tertiary/aromatic N) is 2. The van der Waals surface area contributed by atoms with Crippen molar-refractivity contribution in [2.75, 3.05) is 32.8 Å². The molecule has 1 aromatic heterocycles. The molecule has 0 unspecified atom stereocenters. The molecule has 4 heterocycles. The van der Waals surface area contributed by atoms with Gasteiger partial charge >= 0.3 is 24.3 Å². The van der Waals surface area contributed by atoms with Gasteiger partial charge in [0.25, 0.3) is 0 Å². The van der Waals surface area contributed by atoms with E-state index in [1.807, 2.05) is 18.2 Å². The van der Waals surface area contributed by atoms with Gasteiger partial charge in [0, 0.05) is 32.5 Å². The van der Waals surface area contributed by atoms with E-state index in [2.05, 4.69) is 15.2 Å². The topological polar surface area (TPSA) is 138 Å². The fourth-order valence-corrected chi connectivity index (χ4v) is 4.42. The molecule has 0 aliphatic carbocycles. The van der Waals surface area contributed by atoms with Crippen molar-refractivity contribution in [1.29, 1.82) is 0 Å². The Morgan fingerprint density at radius 1 is 1.00 bits per heavy atom. The Labute approximate surface area is 225 Å². The molecular formula is C24H31F6N3O7. The lowest BCUT2D eigenvalue weighted by atomic mass is 9.90. The van der Waals surface area contributed by atoms with Crippen LogP contribution in [0.25, 0.3) is 0 Å². The van der Waals surface area contributed by atoms with Gasteiger partial charge in [-0.3, -0.25) is 9.78 Å². The zero-order valence-corrected chi connectivity index (χ0v) is 21.3. The van der Waals surface area contributed by atoms with Crippen LogP contribution in [0.15, 0.2) is 24.4 Å². The number of piperidine rings is 1. The second-order valence-electron chi connectivity index (χ2n) is 9.41. The van der Waals surface area contributed by atoms with Crippen molar-refractivity contribution in [3.05, 3.63) is 30.1 Å². The van der Waals surface area contributed by atoms with E-state index in [0.29, 0.717) is 12.5 Å². The SMILES string of the molecule is O=C(NCc1ccccn1)[C@@H]1C[C@@H]2CCN(CC3CCOCC3)C[C@H]2O1.O=C(O)C(F)(F)F.O=C(O)C(F)(F)F. The van der Waals surface area contributed by atoms with E-state index in [1.54, 1.807) is 6.20 Å². The van der Waals surface area contributed by atoms with Gasteiger partial charge in [-0.1, -0.05) is 6.07 Å². The van der Waals surface area contributed by atoms with Crippen molar-refractivity contribution in [1.82, 2.24) is 15.2 Å². The number of carboxylic acid groups (broad SMARTS) is 2. The molecule has 0 spiro atoms. The summed E-state index contributed by atoms with van der Waals surface area (Å²) < 4.78 is 75.1. The van der Waals surface area contributed by atoms with E-state index in [1.165, 1.54) is 12.8 Å². The highest BCUT2D eigenvalue weighted by Gasteiger charge is 2.42. The minimum absolute atomic E-state index is 0.000956. The number of aromatic nitrogens is 1. The molecule has 3 N–H and O–H groups in total. The number of ether oxygens (including phenoxy) is 2. The predicted molar refractivity (Wildman–Crippen MR) is 125 cm³/mol. The molecule has 0 aromatic carbocycles. The van der Waals surface area contributed by atoms with Gasteiger partial charge in [0.15, 0.2) is 0 Å². The summed E-state index contributed by atoms with van der Waals surface area (Å²) in [7, 11) is 0. The standard InChI is InChI=1S/C20H29N3O3.2C2HF3O2/c24-20(22-12-17-3-1-2-7-21-17)18-11-16-4-8-23(14-19(16)26-18)13-15-5-9-25-10-6-15;2*3-2(4,5)1(6)7/h1-3,7,15-16,18-19H,4-6,8-14H2,(H,22,24);2*(H,6,7)/t16-,18-,19+;;/m0../s1. The summed E-state index contributed by atoms with van der Waals surface area (Å²) in [5, 5.41) is 17.2. The summed E-state index contributed by atoms with van der Waals surface area (Å²) in [5.74, 6) is -4.24. The largest absolute Gasteiger partial charge is 0.490 e. The zero-order valence-electron chi connectivity index (χ0n) is 21.3. The second kappa shape index (κ2) is 15.1. The molecular weight excluding hydrogens is 556 g/mol. The number of halogens is 6. The summed E-state index contributed by atoms with van der Waals surface area (Å²) in [6.07, 6.45) is -4.20. The fraction of sp³-hybridized carbons (Fsp3) is 0.667. The second-order valence-corrected chi connectivity index (χ2v) is 9.41. The van der Waals surface area contributed by atoms with Crippen LogP contribution in [0.4, 0.5) is 26.3 Å². The summed E-state index contributed by atoms with van der Waals surface area (Å²) in [4.78, 5) is 37.0. The number of carbonyl (C=O) groups is 3. The smallest absolute Gasteiger partial charge is 0.475 e. The minimum atomic E-state index is -5.08. The third-order valence-corrected chi connectivity index (χ3v) is 6.44. The molecule has 4 rings (SSSR count). The first-order chi connectivity index (χ1) is 18.7. The van der Waals surface area contributed by atoms with Crippen LogP contribution in [-0.2, 0) is 30.4 Å². The molecule has 3 saturated heterocycles. The lowest BCUT2D eigenvalue weighted by Crippen LogP contribution is -2.45. The summed E-state index contributed by atoms with van der Waals surface area (Å²) in [6.45, 7) is 5.51. The number of carbonyl (C=O) groups excluding carboxylic acids is 1. The molecule has 3 atom stereocenters. The lowest BCUT2D eigenvalue weighted by molar-refractivity contribution is -0.193. The van der Waals surface area contributed by atoms with E-state index in [9.17, 15) is 31.1 Å². The number of carboxylic acids is 2. The average Bonchev–Trinajstić information content (AvgIpc) is 3.32. The van der Waals surface area contributed by atoms with Crippen molar-refractivity contribution in [2.24, 2.45) is 11.8 Å². The molecule has 3 aliphatic rings. The third kappa shape index (κ3) is 11.6. The maximum absolute atomic E-state index is 12.5. The first-order valence-electron chi connectivity index (χ1n) is 12.4. The van der Waals surface area contributed by atoms with Crippen LogP contribution < -0.4 is 5.32 Å². The Hall–Kier alpha value is -2.98. The quantitative estimate of drug-likeness (QED) is 0.444. The van der Waals surface area contributed by atoms with Gasteiger partial charge in [0.1, 0.15) is 6.10 Å². The Morgan fingerprint density at radius 3 is 2.12 bits per heavy atom. The molecule has 0 saturated carbocycles. The molecule has 40 heavy (non-hydrogen) atoms. The van der Waals surface area contributed by atoms with Gasteiger partial charge < -0.3 is 29.9 Å². The van der Waals surface area contributed by atoms with Gasteiger partial charge in [0.2, 0.25) is 5.91 Å². The van der Waals surface area contributed by atoms with Crippen LogP contribution >= 0.6 is 0 Å². The van der Waals surface area contributed by atoms with Crippen LogP contribution in [0, 0.1) is 11.8 Å². The number of rotatable bonds is 5. The molecule has 0 bridgehead atoms. The van der Waals surface area contributed by atoms with Gasteiger partial charge in [-0.25, -0.2) is 9.59 Å². The maximum atomic E-state index is 12.5. The lowest BCUT2D eigenvalue weighted by Gasteiger charge is -2.36. The molecule has 1 aromatic rings. The monoisotopic (exact) mass is 587 g/mol. The summed E-state index contributed by atoms with van der Waals surface area (Å²) >= 11 is 0. The Kier molecular flexibility index (Phi) is 12.6. The third-order valence-electron chi connectivity index (χ3n) is 6.44. The molecule has 0 radical (unpaired) electrons. The van der Waals surface area contributed by atoms with Crippen molar-refractivity contribution in [3.63, 3.8) is 0 Å². The van der Waals surface area contributed by atoms with E-state index in [4.69, 9.17) is 29.3 Å². The highest BCUT2D eigenvalue weighted by atomic mass is 19.4. The van der Waals surface area contributed by atoms with E-state index >= 15 is 0 Å². The van der Waals surface area contributed by atoms with Crippen LogP contribution in [0.5, 0.6) is 0 Å². The Morgan fingerprint density at radius 2 is 1.60 bits per heavy atom. The molecule has 1 amide bonds. The molecule has 3 fully saturated rings. The highest BCUT2D eigenvalue weighted by molar-refractivity contribution is 5.81. The average molecular weight is 588 g/mol. The highest BCUT2D eigenvalue weighted by Crippen LogP contribution is 2.34. The van der Waals surface area contributed by atoms with Gasteiger partial charge in [-0.2, -0.15) is 26.3 Å². The molecule has 3 aliphatic heterocycles. The summed E-state index contributed by atoms with van der Waals surface area (Å²) in [6, 6.07) is 5.73. The van der Waals surface area contributed by atoms with Crippen LogP contribution in [0.3, 0.4) is 0 Å². The first-order valence-corrected chi connectivity index (χ1v) is 12.4. The predicted octanol–water partition coefficient (Wildman–Crippen LogP) is 2.87. The van der Waals surface area contributed by atoms with Crippen molar-refractivity contribution in [3.8, 4) is 0 Å². The van der Waals surface area contributed by atoms with Crippen molar-refractivity contribution < 1.29 is 60.4 Å². The molecule has 226 valence electrons. The van der Waals surface area contributed by atoms with Gasteiger partial charge in [-0.15, -0.1) is 0 Å². The van der Waals surface area contributed by atoms with E-state index in [0.717, 1.165) is 57.3 Å². The minimum Gasteiger partial charge on any atom is -0.475 e. The first kappa shape index (κ1) is 33.2. The van der Waals surface area contributed by atoms with Crippen molar-refractivity contribution >= 4 is 17.8 Å². The van der Waals surface area contributed by atoms with Gasteiger partial charge in [0.05, 0.1) is 18.3 Å². The van der Waals surface area contributed by atoms with Crippen LogP contribution in [0.1, 0.15) is 31.4 Å². The number of amides is 1. The normalized spacial score (nSPS) is 23.5. The number of pyridine rings is 1. The van der Waals surface area contributed by atoms with Crippen LogP contribution in [0.2, 0.25) is 0 Å². The molecule has 10 nitrogen and oxygen atoms in total. The number of hydrogen-bond acceptors (Lipinski definition) is 7. The van der Waals surface area contributed by atoms with Crippen LogP contribution in [-0.4, -0.2) is 95.4 Å². The maximum Gasteiger partial charge on any atom is 0.490 e. The Bertz CT molecular complexity index is 935.